The zero-order valence-electron chi connectivity index (χ0n) is 9.08. The van der Waals surface area contributed by atoms with Crippen LogP contribution in [0.2, 0.25) is 0 Å². The van der Waals surface area contributed by atoms with E-state index >= 15 is 0 Å². The van der Waals surface area contributed by atoms with Crippen molar-refractivity contribution in [3.63, 3.8) is 0 Å². The summed E-state index contributed by atoms with van der Waals surface area (Å²) >= 11 is 0. The lowest BCUT2D eigenvalue weighted by Gasteiger charge is -2.12. The Kier molecular flexibility index (Phi) is 4.37. The van der Waals surface area contributed by atoms with Gasteiger partial charge in [0, 0.05) is 0 Å². The summed E-state index contributed by atoms with van der Waals surface area (Å²) in [4.78, 5) is 11.0. The van der Waals surface area contributed by atoms with E-state index in [4.69, 9.17) is 0 Å². The van der Waals surface area contributed by atoms with Crippen LogP contribution in [0.4, 0.5) is 18.0 Å². The summed E-state index contributed by atoms with van der Waals surface area (Å²) in [7, 11) is 0. The molecule has 6 heteroatoms. The summed E-state index contributed by atoms with van der Waals surface area (Å²) in [6.45, 7) is 1.87. The van der Waals surface area contributed by atoms with E-state index in [1.807, 2.05) is 0 Å². The molecule has 0 amide bonds. The molecule has 0 radical (unpaired) electrons. The van der Waals surface area contributed by atoms with E-state index in [1.165, 1.54) is 12.1 Å². The largest absolute Gasteiger partial charge is 0.513 e. The molecule has 0 fully saturated rings. The number of rotatable bonds is 3. The Balaban J connectivity index is 2.81. The summed E-state index contributed by atoms with van der Waals surface area (Å²) in [6, 6.07) is 4.46. The van der Waals surface area contributed by atoms with Crippen molar-refractivity contribution in [1.82, 2.24) is 0 Å². The quantitative estimate of drug-likeness (QED) is 0.605. The van der Waals surface area contributed by atoms with Crippen molar-refractivity contribution >= 4 is 6.16 Å². The first-order valence-corrected chi connectivity index (χ1v) is 4.96. The number of hydrogen-bond donors (Lipinski definition) is 0. The Morgan fingerprint density at radius 2 is 1.94 bits per heavy atom. The van der Waals surface area contributed by atoms with Crippen LogP contribution in [0.15, 0.2) is 24.3 Å². The van der Waals surface area contributed by atoms with Gasteiger partial charge >= 0.3 is 12.3 Å². The van der Waals surface area contributed by atoms with Gasteiger partial charge in [0.1, 0.15) is 5.75 Å². The average Bonchev–Trinajstić information content (AvgIpc) is 2.25. The Labute approximate surface area is 96.1 Å². The van der Waals surface area contributed by atoms with Gasteiger partial charge in [0.15, 0.2) is 0 Å². The molecule has 0 bridgehead atoms. The van der Waals surface area contributed by atoms with E-state index < -0.39 is 23.6 Å². The van der Waals surface area contributed by atoms with Crippen molar-refractivity contribution in [2.24, 2.45) is 0 Å². The van der Waals surface area contributed by atoms with Gasteiger partial charge in [-0.3, -0.25) is 0 Å². The Hall–Kier alpha value is -1.72. The Morgan fingerprint density at radius 3 is 2.53 bits per heavy atom. The molecule has 0 aliphatic heterocycles. The smallest absolute Gasteiger partial charge is 0.434 e. The van der Waals surface area contributed by atoms with Gasteiger partial charge in [-0.05, 0) is 18.6 Å². The summed E-state index contributed by atoms with van der Waals surface area (Å²) in [6.07, 6.45) is -5.14. The van der Waals surface area contributed by atoms with Crippen LogP contribution in [-0.4, -0.2) is 12.8 Å². The molecular formula is C11H11F3O3. The van der Waals surface area contributed by atoms with Gasteiger partial charge in [-0.15, -0.1) is 0 Å². The van der Waals surface area contributed by atoms with Gasteiger partial charge in [0.25, 0.3) is 0 Å². The van der Waals surface area contributed by atoms with E-state index in [0.29, 0.717) is 6.42 Å². The highest BCUT2D eigenvalue weighted by molar-refractivity contribution is 5.64. The maximum Gasteiger partial charge on any atom is 0.513 e. The first-order chi connectivity index (χ1) is 7.95. The molecule has 0 aliphatic rings. The van der Waals surface area contributed by atoms with Crippen LogP contribution in [-0.2, 0) is 10.9 Å². The minimum Gasteiger partial charge on any atom is -0.434 e. The Bertz CT molecular complexity index is 388. The standard InChI is InChI=1S/C11H11F3O3/c1-2-7-16-10(15)17-9-6-4-3-5-8(9)11(12,13)14/h3-6H,2,7H2,1H3. The second kappa shape index (κ2) is 5.56. The van der Waals surface area contributed by atoms with E-state index in [9.17, 15) is 18.0 Å². The van der Waals surface area contributed by atoms with Crippen molar-refractivity contribution in [1.29, 1.82) is 0 Å². The molecule has 0 unspecified atom stereocenters. The lowest BCUT2D eigenvalue weighted by Crippen LogP contribution is -2.15. The number of para-hydroxylation sites is 1. The van der Waals surface area contributed by atoms with Gasteiger partial charge in [-0.2, -0.15) is 13.2 Å². The fourth-order valence-corrected chi connectivity index (χ4v) is 1.09. The minimum absolute atomic E-state index is 0.104. The van der Waals surface area contributed by atoms with Crippen molar-refractivity contribution in [2.75, 3.05) is 6.61 Å². The Morgan fingerprint density at radius 1 is 1.29 bits per heavy atom. The summed E-state index contributed by atoms with van der Waals surface area (Å²) < 4.78 is 46.6. The highest BCUT2D eigenvalue weighted by Crippen LogP contribution is 2.35. The highest BCUT2D eigenvalue weighted by Gasteiger charge is 2.34. The first kappa shape index (κ1) is 13.3. The third kappa shape index (κ3) is 3.97. The summed E-state index contributed by atoms with van der Waals surface area (Å²) in [5.41, 5.74) is -1.01. The molecular weight excluding hydrogens is 237 g/mol. The summed E-state index contributed by atoms with van der Waals surface area (Å²) in [5.74, 6) is -0.555. The molecule has 0 atom stereocenters. The van der Waals surface area contributed by atoms with Crippen molar-refractivity contribution in [2.45, 2.75) is 19.5 Å². The molecule has 0 spiro atoms. The average molecular weight is 248 g/mol. The molecule has 1 aromatic carbocycles. The number of benzene rings is 1. The molecule has 0 saturated heterocycles. The zero-order valence-corrected chi connectivity index (χ0v) is 9.08. The molecule has 1 aromatic rings. The van der Waals surface area contributed by atoms with Crippen LogP contribution in [0.25, 0.3) is 0 Å². The fourth-order valence-electron chi connectivity index (χ4n) is 1.09. The molecule has 1 rings (SSSR count). The molecule has 0 N–H and O–H groups in total. The van der Waals surface area contributed by atoms with E-state index in [1.54, 1.807) is 6.92 Å². The molecule has 94 valence electrons. The van der Waals surface area contributed by atoms with E-state index in [0.717, 1.165) is 12.1 Å². The van der Waals surface area contributed by atoms with Crippen LogP contribution >= 0.6 is 0 Å². The highest BCUT2D eigenvalue weighted by atomic mass is 19.4. The molecule has 0 aromatic heterocycles. The van der Waals surface area contributed by atoms with Gasteiger partial charge in [0.05, 0.1) is 12.2 Å². The number of hydrogen-bond acceptors (Lipinski definition) is 3. The van der Waals surface area contributed by atoms with Crippen LogP contribution in [0.1, 0.15) is 18.9 Å². The molecule has 0 saturated carbocycles. The van der Waals surface area contributed by atoms with Crippen LogP contribution in [0.3, 0.4) is 0 Å². The van der Waals surface area contributed by atoms with Gasteiger partial charge < -0.3 is 9.47 Å². The van der Waals surface area contributed by atoms with Crippen molar-refractivity contribution in [3.05, 3.63) is 29.8 Å². The van der Waals surface area contributed by atoms with Crippen LogP contribution in [0, 0.1) is 0 Å². The summed E-state index contributed by atoms with van der Waals surface area (Å²) in [5, 5.41) is 0. The lowest BCUT2D eigenvalue weighted by atomic mass is 10.2. The third-order valence-electron chi connectivity index (χ3n) is 1.81. The van der Waals surface area contributed by atoms with E-state index in [2.05, 4.69) is 9.47 Å². The molecule has 17 heavy (non-hydrogen) atoms. The maximum atomic E-state index is 12.5. The van der Waals surface area contributed by atoms with Crippen LogP contribution < -0.4 is 4.74 Å². The predicted molar refractivity (Wildman–Crippen MR) is 53.7 cm³/mol. The molecule has 0 aliphatic carbocycles. The van der Waals surface area contributed by atoms with Gasteiger partial charge in [-0.1, -0.05) is 19.1 Å². The molecule has 0 heterocycles. The lowest BCUT2D eigenvalue weighted by molar-refractivity contribution is -0.138. The first-order valence-electron chi connectivity index (χ1n) is 4.96. The van der Waals surface area contributed by atoms with Crippen molar-refractivity contribution in [3.8, 4) is 5.75 Å². The van der Waals surface area contributed by atoms with E-state index in [-0.39, 0.29) is 6.61 Å². The fraction of sp³-hybridized carbons (Fsp3) is 0.364. The number of carbonyl (C=O) groups is 1. The van der Waals surface area contributed by atoms with Crippen molar-refractivity contribution < 1.29 is 27.4 Å². The SMILES string of the molecule is CCCOC(=O)Oc1ccccc1C(F)(F)F. The van der Waals surface area contributed by atoms with Crippen LogP contribution in [0.5, 0.6) is 5.75 Å². The molecule has 3 nitrogen and oxygen atoms in total. The second-order valence-electron chi connectivity index (χ2n) is 3.19. The predicted octanol–water partition coefficient (Wildman–Crippen LogP) is 3.63. The number of carbonyl (C=O) groups excluding carboxylic acids is 1. The third-order valence-corrected chi connectivity index (χ3v) is 1.81. The topological polar surface area (TPSA) is 35.5 Å². The monoisotopic (exact) mass is 248 g/mol. The minimum atomic E-state index is -4.57. The zero-order chi connectivity index (χ0) is 12.9. The normalized spacial score (nSPS) is 11.1. The number of alkyl halides is 3. The van der Waals surface area contributed by atoms with Gasteiger partial charge in [0.2, 0.25) is 0 Å². The second-order valence-corrected chi connectivity index (χ2v) is 3.19. The number of halogens is 3. The van der Waals surface area contributed by atoms with Gasteiger partial charge in [-0.25, -0.2) is 4.79 Å². The maximum absolute atomic E-state index is 12.5. The number of ether oxygens (including phenoxy) is 2.